The Morgan fingerprint density at radius 1 is 0.944 bits per heavy atom. The zero-order valence-corrected chi connectivity index (χ0v) is 11.0. The molecule has 2 heteroatoms. The van der Waals surface area contributed by atoms with E-state index in [2.05, 4.69) is 31.3 Å². The van der Waals surface area contributed by atoms with Crippen molar-refractivity contribution in [1.82, 2.24) is 5.32 Å². The summed E-state index contributed by atoms with van der Waals surface area (Å²) in [6, 6.07) is 11.0. The van der Waals surface area contributed by atoms with Gasteiger partial charge in [-0.2, -0.15) is 0 Å². The van der Waals surface area contributed by atoms with Crippen molar-refractivity contribution in [2.75, 3.05) is 7.05 Å². The Kier molecular flexibility index (Phi) is 3.78. The molecule has 0 unspecified atom stereocenters. The lowest BCUT2D eigenvalue weighted by molar-refractivity contribution is 0.628. The van der Waals surface area contributed by atoms with E-state index >= 15 is 0 Å². The van der Waals surface area contributed by atoms with Crippen molar-refractivity contribution in [3.8, 4) is 11.1 Å². The fraction of sp³-hybridized carbons (Fsp3) is 0.250. The van der Waals surface area contributed by atoms with Crippen molar-refractivity contribution in [3.63, 3.8) is 0 Å². The Hall–Kier alpha value is -1.67. The number of hydrogen-bond acceptors (Lipinski definition) is 1. The molecule has 1 N–H and O–H groups in total. The second-order valence-corrected chi connectivity index (χ2v) is 4.63. The molecule has 0 fully saturated rings. The molecule has 94 valence electrons. The molecule has 0 spiro atoms. The van der Waals surface area contributed by atoms with E-state index in [4.69, 9.17) is 0 Å². The van der Waals surface area contributed by atoms with Crippen molar-refractivity contribution < 1.29 is 4.39 Å². The first kappa shape index (κ1) is 12.8. The number of rotatable bonds is 3. The molecule has 18 heavy (non-hydrogen) atoms. The first-order chi connectivity index (χ1) is 8.61. The Morgan fingerprint density at radius 3 is 2.00 bits per heavy atom. The van der Waals surface area contributed by atoms with Crippen LogP contribution in [0.1, 0.15) is 16.7 Å². The highest BCUT2D eigenvalue weighted by Crippen LogP contribution is 2.25. The van der Waals surface area contributed by atoms with Crippen LogP contribution in [0.5, 0.6) is 0 Å². The first-order valence-electron chi connectivity index (χ1n) is 6.12. The van der Waals surface area contributed by atoms with Crippen molar-refractivity contribution >= 4 is 0 Å². The van der Waals surface area contributed by atoms with Crippen LogP contribution in [0, 0.1) is 19.7 Å². The van der Waals surface area contributed by atoms with Gasteiger partial charge in [0.25, 0.3) is 0 Å². The highest BCUT2D eigenvalue weighted by atomic mass is 19.1. The van der Waals surface area contributed by atoms with Crippen LogP contribution in [-0.2, 0) is 6.54 Å². The molecule has 2 rings (SSSR count). The second-order valence-electron chi connectivity index (χ2n) is 4.63. The number of halogens is 1. The van der Waals surface area contributed by atoms with Crippen LogP contribution >= 0.6 is 0 Å². The normalized spacial score (nSPS) is 10.7. The third-order valence-electron chi connectivity index (χ3n) is 3.23. The molecule has 0 aliphatic carbocycles. The van der Waals surface area contributed by atoms with Gasteiger partial charge in [0.2, 0.25) is 0 Å². The van der Waals surface area contributed by atoms with Gasteiger partial charge in [0.05, 0.1) is 0 Å². The highest BCUT2D eigenvalue weighted by molar-refractivity contribution is 5.66. The van der Waals surface area contributed by atoms with E-state index in [1.54, 1.807) is 0 Å². The summed E-state index contributed by atoms with van der Waals surface area (Å²) in [6.45, 7) is 5.11. The predicted molar refractivity (Wildman–Crippen MR) is 74.1 cm³/mol. The minimum atomic E-state index is -0.195. The van der Waals surface area contributed by atoms with Crippen LogP contribution in [0.25, 0.3) is 11.1 Å². The van der Waals surface area contributed by atoms with Gasteiger partial charge in [-0.15, -0.1) is 0 Å². The second kappa shape index (κ2) is 5.32. The van der Waals surface area contributed by atoms with Gasteiger partial charge in [-0.3, -0.25) is 0 Å². The summed E-state index contributed by atoms with van der Waals surface area (Å²) in [5.41, 5.74) is 6.07. The van der Waals surface area contributed by atoms with Gasteiger partial charge in [-0.1, -0.05) is 24.3 Å². The van der Waals surface area contributed by atoms with E-state index in [9.17, 15) is 4.39 Å². The molecule has 0 saturated carbocycles. The molecule has 0 aliphatic heterocycles. The molecule has 2 aromatic carbocycles. The smallest absolute Gasteiger partial charge is 0.123 e. The van der Waals surface area contributed by atoms with Crippen LogP contribution in [0.15, 0.2) is 36.4 Å². The summed E-state index contributed by atoms with van der Waals surface area (Å²) in [6.07, 6.45) is 0. The summed E-state index contributed by atoms with van der Waals surface area (Å²) in [5.74, 6) is -0.195. The summed E-state index contributed by atoms with van der Waals surface area (Å²) < 4.78 is 12.9. The number of hydrogen-bond donors (Lipinski definition) is 1. The van der Waals surface area contributed by atoms with Crippen LogP contribution < -0.4 is 5.32 Å². The molecule has 0 atom stereocenters. The molecule has 0 heterocycles. The SMILES string of the molecule is CNCc1c(C)cc(-c2ccc(F)cc2)cc1C. The molecular formula is C16H18FN. The maximum Gasteiger partial charge on any atom is 0.123 e. The Morgan fingerprint density at radius 2 is 1.50 bits per heavy atom. The van der Waals surface area contributed by atoms with Crippen molar-refractivity contribution in [2.24, 2.45) is 0 Å². The molecule has 0 bridgehead atoms. The van der Waals surface area contributed by atoms with Crippen LogP contribution in [-0.4, -0.2) is 7.05 Å². The topological polar surface area (TPSA) is 12.0 Å². The van der Waals surface area contributed by atoms with Gasteiger partial charge in [0.15, 0.2) is 0 Å². The predicted octanol–water partition coefficient (Wildman–Crippen LogP) is 3.83. The lowest BCUT2D eigenvalue weighted by atomic mass is 9.95. The summed E-state index contributed by atoms with van der Waals surface area (Å²) in [5, 5.41) is 3.18. The maximum atomic E-state index is 12.9. The third kappa shape index (κ3) is 2.59. The Labute approximate surface area is 108 Å². The average Bonchev–Trinajstić information content (AvgIpc) is 2.34. The number of benzene rings is 2. The van der Waals surface area contributed by atoms with Gasteiger partial charge >= 0.3 is 0 Å². The van der Waals surface area contributed by atoms with E-state index in [1.807, 2.05) is 19.2 Å². The van der Waals surface area contributed by atoms with Gasteiger partial charge in [0.1, 0.15) is 5.82 Å². The lowest BCUT2D eigenvalue weighted by Crippen LogP contribution is -2.08. The van der Waals surface area contributed by atoms with E-state index < -0.39 is 0 Å². The molecule has 0 aromatic heterocycles. The van der Waals surface area contributed by atoms with Gasteiger partial charge in [-0.25, -0.2) is 4.39 Å². The number of aryl methyl sites for hydroxylation is 2. The summed E-state index contributed by atoms with van der Waals surface area (Å²) >= 11 is 0. The average molecular weight is 243 g/mol. The number of nitrogens with one attached hydrogen (secondary N) is 1. The van der Waals surface area contributed by atoms with Gasteiger partial charge in [0, 0.05) is 6.54 Å². The maximum absolute atomic E-state index is 12.9. The standard InChI is InChI=1S/C16H18FN/c1-11-8-14(9-12(2)16(11)10-18-3)13-4-6-15(17)7-5-13/h4-9,18H,10H2,1-3H3. The fourth-order valence-corrected chi connectivity index (χ4v) is 2.26. The van der Waals surface area contributed by atoms with Crippen molar-refractivity contribution in [2.45, 2.75) is 20.4 Å². The van der Waals surface area contributed by atoms with Crippen LogP contribution in [0.4, 0.5) is 4.39 Å². The minimum Gasteiger partial charge on any atom is -0.316 e. The van der Waals surface area contributed by atoms with Gasteiger partial charge < -0.3 is 5.32 Å². The third-order valence-corrected chi connectivity index (χ3v) is 3.23. The lowest BCUT2D eigenvalue weighted by Gasteiger charge is -2.12. The van der Waals surface area contributed by atoms with E-state index in [0.29, 0.717) is 0 Å². The van der Waals surface area contributed by atoms with Crippen molar-refractivity contribution in [1.29, 1.82) is 0 Å². The molecular weight excluding hydrogens is 225 g/mol. The Balaban J connectivity index is 2.44. The summed E-state index contributed by atoms with van der Waals surface area (Å²) in [4.78, 5) is 0. The highest BCUT2D eigenvalue weighted by Gasteiger charge is 2.06. The Bertz CT molecular complexity index is 521. The molecule has 2 aromatic rings. The minimum absolute atomic E-state index is 0.195. The molecule has 0 amide bonds. The fourth-order valence-electron chi connectivity index (χ4n) is 2.26. The van der Waals surface area contributed by atoms with E-state index in [0.717, 1.165) is 17.7 Å². The molecule has 0 aliphatic rings. The quantitative estimate of drug-likeness (QED) is 0.864. The first-order valence-corrected chi connectivity index (χ1v) is 6.12. The van der Waals surface area contributed by atoms with Gasteiger partial charge in [-0.05, 0) is 60.8 Å². The molecule has 0 saturated heterocycles. The zero-order valence-electron chi connectivity index (χ0n) is 11.0. The van der Waals surface area contributed by atoms with Crippen LogP contribution in [0.2, 0.25) is 0 Å². The zero-order chi connectivity index (χ0) is 13.1. The van der Waals surface area contributed by atoms with E-state index in [-0.39, 0.29) is 5.82 Å². The van der Waals surface area contributed by atoms with E-state index in [1.165, 1.54) is 28.8 Å². The molecule has 1 nitrogen and oxygen atoms in total. The molecule has 0 radical (unpaired) electrons. The summed E-state index contributed by atoms with van der Waals surface area (Å²) in [7, 11) is 1.95. The van der Waals surface area contributed by atoms with Crippen molar-refractivity contribution in [3.05, 3.63) is 58.9 Å². The largest absolute Gasteiger partial charge is 0.316 e. The van der Waals surface area contributed by atoms with Crippen LogP contribution in [0.3, 0.4) is 0 Å². The monoisotopic (exact) mass is 243 g/mol.